The van der Waals surface area contributed by atoms with Crippen LogP contribution in [0.1, 0.15) is 0 Å². The minimum absolute atomic E-state index is 0. The average molecular weight is 828 g/mol. The summed E-state index contributed by atoms with van der Waals surface area (Å²) in [4.78, 5) is 42.9. The molecule has 0 aromatic heterocycles. The molecular weight excluding hydrogens is 816 g/mol. The van der Waals surface area contributed by atoms with Crippen LogP contribution in [0.4, 0.5) is 0 Å². The predicted molar refractivity (Wildman–Crippen MR) is 113 cm³/mol. The van der Waals surface area contributed by atoms with E-state index in [9.17, 15) is 69.7 Å². The minimum atomic E-state index is -6.57. The van der Waals surface area contributed by atoms with Crippen LogP contribution in [0.2, 0.25) is 0 Å². The Morgan fingerprint density at radius 1 is 0.405 bits per heavy atom. The Morgan fingerprint density at radius 2 is 0.548 bits per heavy atom. The van der Waals surface area contributed by atoms with Gasteiger partial charge in [-0.2, -0.15) is 50.5 Å². The Hall–Kier alpha value is -1.62. The first-order valence-corrected chi connectivity index (χ1v) is 16.5. The molecule has 0 bridgehead atoms. The maximum absolute atomic E-state index is 10.9. The molecule has 0 heterocycles. The van der Waals surface area contributed by atoms with Gasteiger partial charge < -0.3 is 20.4 Å². The Morgan fingerprint density at radius 3 is 0.571 bits per heavy atom. The molecule has 0 radical (unpaired) electrons. The number of hydrogen-bond acceptors (Lipinski definition) is 16. The summed E-state index contributed by atoms with van der Waals surface area (Å²) >= 11 is 0. The van der Waals surface area contributed by atoms with E-state index in [1.807, 2.05) is 0 Å². The summed E-state index contributed by atoms with van der Waals surface area (Å²) in [6.07, 6.45) is 0. The summed E-state index contributed by atoms with van der Waals surface area (Å²) in [6, 6.07) is 0. The molecule has 0 rings (SSSR count). The van der Waals surface area contributed by atoms with Gasteiger partial charge in [0.25, 0.3) is 20.2 Å². The van der Waals surface area contributed by atoms with Gasteiger partial charge in [-0.05, 0) is 0 Å². The van der Waals surface area contributed by atoms with E-state index in [-0.39, 0.29) is 34.1 Å². The summed E-state index contributed by atoms with van der Waals surface area (Å²) in [5.74, 6) is -12.4. The fraction of sp³-hybridized carbons (Fsp3) is 0.500. The molecular formula is C8H12Fe2O26S6. The Balaban J connectivity index is -0.000000328. The van der Waals surface area contributed by atoms with Crippen molar-refractivity contribution >= 4 is 84.6 Å². The molecule has 0 amide bonds. The van der Waals surface area contributed by atoms with Crippen LogP contribution in [0.25, 0.3) is 0 Å². The molecule has 42 heavy (non-hydrogen) atoms. The SMILES string of the molecule is O=C(O)C(C(C(=O)O)(S(=O)(=O)O)S(=O)(=O)O)S(=O)(=O)O.O=C(O)C(C(C(=O)O)(S(=O)(=O)O)S(=O)(=O)O)S(=O)(=O)O.[Fe].[Fe]. The van der Waals surface area contributed by atoms with E-state index in [0.29, 0.717) is 0 Å². The summed E-state index contributed by atoms with van der Waals surface area (Å²) in [5.41, 5.74) is 0. The number of aliphatic carboxylic acids is 4. The standard InChI is InChI=1S/2C4H6O13S3.2Fe/c2*5-2(6)1(18(9,10)11)4(3(7)8,19(12,13)14)20(15,16)17;;/h2*1H,(H,5,6)(H,7,8)(H,9,10,11)(H,12,13,14)(H,15,16,17);;. The van der Waals surface area contributed by atoms with Crippen LogP contribution in [-0.4, -0.2) is 141 Å². The third-order valence-electron chi connectivity index (χ3n) is 3.86. The van der Waals surface area contributed by atoms with Gasteiger partial charge in [-0.3, -0.25) is 36.9 Å². The van der Waals surface area contributed by atoms with E-state index < -0.39 is 103 Å². The van der Waals surface area contributed by atoms with Crippen LogP contribution >= 0.6 is 0 Å². The molecule has 2 atom stereocenters. The van der Waals surface area contributed by atoms with Crippen molar-refractivity contribution in [2.45, 2.75) is 18.7 Å². The topological polar surface area (TPSA) is 475 Å². The van der Waals surface area contributed by atoms with Crippen molar-refractivity contribution in [3.05, 3.63) is 0 Å². The second kappa shape index (κ2) is 14.0. The van der Waals surface area contributed by atoms with E-state index in [1.165, 1.54) is 0 Å². The maximum atomic E-state index is 10.9. The van der Waals surface area contributed by atoms with Gasteiger partial charge in [0.1, 0.15) is 0 Å². The number of carboxylic acid groups (broad SMARTS) is 4. The van der Waals surface area contributed by atoms with Gasteiger partial charge in [0.2, 0.25) is 10.5 Å². The first-order valence-electron chi connectivity index (χ1n) is 7.75. The van der Waals surface area contributed by atoms with Crippen molar-refractivity contribution in [2.24, 2.45) is 0 Å². The zero-order chi connectivity index (χ0) is 33.5. The second-order valence-corrected chi connectivity index (χ2v) is 16.2. The van der Waals surface area contributed by atoms with Gasteiger partial charge in [-0.1, -0.05) is 0 Å². The zero-order valence-electron chi connectivity index (χ0n) is 18.3. The van der Waals surface area contributed by atoms with Crippen LogP contribution in [0.5, 0.6) is 0 Å². The van der Waals surface area contributed by atoms with Crippen molar-refractivity contribution in [2.75, 3.05) is 0 Å². The monoisotopic (exact) mass is 828 g/mol. The van der Waals surface area contributed by atoms with Crippen molar-refractivity contribution in [3.8, 4) is 0 Å². The Bertz CT molecular complexity index is 1550. The molecule has 0 fully saturated rings. The molecule has 2 unspecified atom stereocenters. The number of hydrogen-bond donors (Lipinski definition) is 10. The van der Waals surface area contributed by atoms with E-state index in [1.54, 1.807) is 0 Å². The van der Waals surface area contributed by atoms with Gasteiger partial charge in [0.05, 0.1) is 0 Å². The molecule has 0 aromatic carbocycles. The normalized spacial score (nSPS) is 14.8. The van der Waals surface area contributed by atoms with E-state index in [2.05, 4.69) is 0 Å². The zero-order valence-corrected chi connectivity index (χ0v) is 25.4. The van der Waals surface area contributed by atoms with E-state index in [4.69, 9.17) is 47.7 Å². The minimum Gasteiger partial charge on any atom is -0.480 e. The van der Waals surface area contributed by atoms with Crippen LogP contribution in [0, 0.1) is 0 Å². The van der Waals surface area contributed by atoms with Gasteiger partial charge >= 0.3 is 72.5 Å². The average Bonchev–Trinajstić information content (AvgIpc) is 2.56. The fourth-order valence-corrected chi connectivity index (χ4v) is 11.4. The number of carboxylic acids is 4. The van der Waals surface area contributed by atoms with Crippen molar-refractivity contribution in [1.82, 2.24) is 0 Å². The molecule has 0 saturated heterocycles. The third kappa shape index (κ3) is 8.73. The number of carbonyl (C=O) groups is 4. The van der Waals surface area contributed by atoms with Crippen LogP contribution in [-0.2, 0) is 114 Å². The molecule has 0 aliphatic carbocycles. The van der Waals surface area contributed by atoms with Crippen LogP contribution in [0.3, 0.4) is 0 Å². The van der Waals surface area contributed by atoms with E-state index >= 15 is 0 Å². The Labute approximate surface area is 253 Å². The van der Waals surface area contributed by atoms with E-state index in [0.717, 1.165) is 0 Å². The van der Waals surface area contributed by atoms with Gasteiger partial charge in [0, 0.05) is 34.1 Å². The van der Waals surface area contributed by atoms with Crippen molar-refractivity contribution in [3.63, 3.8) is 0 Å². The smallest absolute Gasteiger partial charge is 0.348 e. The molecule has 0 aromatic rings. The third-order valence-corrected chi connectivity index (χ3v) is 14.0. The molecule has 0 aliphatic rings. The summed E-state index contributed by atoms with van der Waals surface area (Å²) in [7, 11) is -38.7. The maximum Gasteiger partial charge on any atom is 0.348 e. The summed E-state index contributed by atoms with van der Waals surface area (Å²) in [6.45, 7) is 0. The van der Waals surface area contributed by atoms with Crippen LogP contribution < -0.4 is 0 Å². The Kier molecular flexibility index (Phi) is 15.8. The molecule has 252 valence electrons. The number of rotatable bonds is 12. The molecule has 26 nitrogen and oxygen atoms in total. The van der Waals surface area contributed by atoms with Crippen molar-refractivity contribution in [1.29, 1.82) is 0 Å². The molecule has 0 aliphatic heterocycles. The second-order valence-electron chi connectivity index (χ2n) is 6.31. The molecule has 10 N–H and O–H groups in total. The summed E-state index contributed by atoms with van der Waals surface area (Å²) in [5, 5.41) is 25.8. The van der Waals surface area contributed by atoms with Gasteiger partial charge in [-0.15, -0.1) is 0 Å². The van der Waals surface area contributed by atoms with Gasteiger partial charge in [0.15, 0.2) is 0 Å². The molecule has 34 heteroatoms. The van der Waals surface area contributed by atoms with Crippen LogP contribution in [0.15, 0.2) is 0 Å². The van der Waals surface area contributed by atoms with Crippen molar-refractivity contribution < 1.29 is 152 Å². The first-order chi connectivity index (χ1) is 17.0. The quantitative estimate of drug-likeness (QED) is 0.0646. The molecule has 0 saturated carbocycles. The summed E-state index contributed by atoms with van der Waals surface area (Å²) < 4.78 is 172. The largest absolute Gasteiger partial charge is 0.480 e. The first kappa shape index (κ1) is 47.3. The van der Waals surface area contributed by atoms with Gasteiger partial charge in [-0.25, -0.2) is 9.59 Å². The molecule has 0 spiro atoms. The fourth-order valence-electron chi connectivity index (χ4n) is 2.44. The predicted octanol–water partition coefficient (Wildman–Crippen LogP) is -6.24.